The first kappa shape index (κ1) is 18.0. The van der Waals surface area contributed by atoms with Crippen molar-refractivity contribution < 1.29 is 14.3 Å². The van der Waals surface area contributed by atoms with Gasteiger partial charge in [0.15, 0.2) is 0 Å². The van der Waals surface area contributed by atoms with E-state index in [9.17, 15) is 9.59 Å². The largest absolute Gasteiger partial charge is 0.496 e. The number of carbonyl (C=O) groups excluding carboxylic acids is 2. The lowest BCUT2D eigenvalue weighted by molar-refractivity contribution is -0.117. The zero-order valence-electron chi connectivity index (χ0n) is 15.5. The van der Waals surface area contributed by atoms with Crippen LogP contribution in [0.5, 0.6) is 5.75 Å². The molecule has 0 radical (unpaired) electrons. The second-order valence-corrected chi connectivity index (χ2v) is 6.68. The van der Waals surface area contributed by atoms with E-state index in [2.05, 4.69) is 0 Å². The predicted octanol–water partition coefficient (Wildman–Crippen LogP) is 3.40. The Hall–Kier alpha value is -2.82. The van der Waals surface area contributed by atoms with E-state index in [1.54, 1.807) is 36.1 Å². The van der Waals surface area contributed by atoms with Crippen LogP contribution in [0.4, 0.5) is 5.69 Å². The molecule has 2 aromatic rings. The third-order valence-electron chi connectivity index (χ3n) is 4.67. The number of anilines is 1. The summed E-state index contributed by atoms with van der Waals surface area (Å²) >= 11 is 0. The molecular formula is C21H24N2O3. The van der Waals surface area contributed by atoms with Gasteiger partial charge in [-0.2, -0.15) is 0 Å². The van der Waals surface area contributed by atoms with Crippen LogP contribution in [-0.4, -0.2) is 37.4 Å². The van der Waals surface area contributed by atoms with Crippen molar-refractivity contribution in [2.24, 2.45) is 0 Å². The summed E-state index contributed by atoms with van der Waals surface area (Å²) in [5.74, 6) is 0.807. The lowest BCUT2D eigenvalue weighted by Crippen LogP contribution is -2.27. The van der Waals surface area contributed by atoms with Crippen LogP contribution < -0.4 is 9.64 Å². The molecule has 5 heteroatoms. The summed E-state index contributed by atoms with van der Waals surface area (Å²) in [4.78, 5) is 28.2. The zero-order valence-corrected chi connectivity index (χ0v) is 15.5. The number of hydrogen-bond acceptors (Lipinski definition) is 3. The highest BCUT2D eigenvalue weighted by Gasteiger charge is 2.23. The average molecular weight is 352 g/mol. The molecule has 0 saturated carbocycles. The Morgan fingerprint density at radius 1 is 1.23 bits per heavy atom. The molecule has 2 amide bonds. The lowest BCUT2D eigenvalue weighted by atomic mass is 10.1. The summed E-state index contributed by atoms with van der Waals surface area (Å²) in [7, 11) is 3.41. The Labute approximate surface area is 154 Å². The molecule has 0 bridgehead atoms. The first-order chi connectivity index (χ1) is 12.5. The van der Waals surface area contributed by atoms with Crippen LogP contribution in [-0.2, 0) is 11.3 Å². The van der Waals surface area contributed by atoms with Gasteiger partial charge in [-0.05, 0) is 37.6 Å². The fraction of sp³-hybridized carbons (Fsp3) is 0.333. The van der Waals surface area contributed by atoms with Crippen LogP contribution in [0.2, 0.25) is 0 Å². The maximum atomic E-state index is 12.9. The van der Waals surface area contributed by atoms with Crippen LogP contribution in [0.25, 0.3) is 0 Å². The molecule has 1 fully saturated rings. The number of benzene rings is 2. The minimum Gasteiger partial charge on any atom is -0.496 e. The third-order valence-corrected chi connectivity index (χ3v) is 4.67. The summed E-state index contributed by atoms with van der Waals surface area (Å²) < 4.78 is 5.40. The minimum atomic E-state index is -0.0814. The Bertz CT molecular complexity index is 832. The monoisotopic (exact) mass is 352 g/mol. The van der Waals surface area contributed by atoms with Crippen molar-refractivity contribution in [1.29, 1.82) is 0 Å². The first-order valence-corrected chi connectivity index (χ1v) is 8.79. The van der Waals surface area contributed by atoms with Crippen molar-refractivity contribution in [3.05, 3.63) is 59.2 Å². The van der Waals surface area contributed by atoms with Crippen LogP contribution in [0, 0.1) is 6.92 Å². The molecule has 3 rings (SSSR count). The summed E-state index contributed by atoms with van der Waals surface area (Å²) in [6.45, 7) is 3.19. The number of carbonyl (C=O) groups is 2. The quantitative estimate of drug-likeness (QED) is 0.829. The standard InChI is InChI=1S/C21H24N2O3/c1-15-9-10-19(26-3)17(12-15)14-22(2)21(25)16-6-4-7-18(13-16)23-11-5-8-20(23)24/h4,6-7,9-10,12-13H,5,8,11,14H2,1-3H3. The van der Waals surface area contributed by atoms with E-state index in [0.29, 0.717) is 25.1 Å². The SMILES string of the molecule is COc1ccc(C)cc1CN(C)C(=O)c1cccc(N2CCCC2=O)c1. The molecule has 1 saturated heterocycles. The molecule has 5 nitrogen and oxygen atoms in total. The van der Waals surface area contributed by atoms with Crippen LogP contribution in [0.1, 0.15) is 34.3 Å². The third kappa shape index (κ3) is 3.72. The van der Waals surface area contributed by atoms with Crippen molar-refractivity contribution in [2.45, 2.75) is 26.3 Å². The zero-order chi connectivity index (χ0) is 18.7. The number of ether oxygens (including phenoxy) is 1. The van der Waals surface area contributed by atoms with Gasteiger partial charge in [-0.25, -0.2) is 0 Å². The van der Waals surface area contributed by atoms with Crippen LogP contribution >= 0.6 is 0 Å². The van der Waals surface area contributed by atoms with Gasteiger partial charge in [0.1, 0.15) is 5.75 Å². The molecule has 0 aromatic heterocycles. The lowest BCUT2D eigenvalue weighted by Gasteiger charge is -2.21. The average Bonchev–Trinajstić information content (AvgIpc) is 3.07. The summed E-state index contributed by atoms with van der Waals surface area (Å²) in [5, 5.41) is 0. The number of amides is 2. The fourth-order valence-electron chi connectivity index (χ4n) is 3.31. The molecule has 1 aliphatic heterocycles. The van der Waals surface area contributed by atoms with E-state index in [1.807, 2.05) is 37.3 Å². The molecule has 0 N–H and O–H groups in total. The van der Waals surface area contributed by atoms with Crippen molar-refractivity contribution in [2.75, 3.05) is 25.6 Å². The molecule has 0 aliphatic carbocycles. The van der Waals surface area contributed by atoms with E-state index in [-0.39, 0.29) is 11.8 Å². The molecule has 1 heterocycles. The maximum absolute atomic E-state index is 12.9. The van der Waals surface area contributed by atoms with Gasteiger partial charge >= 0.3 is 0 Å². The predicted molar refractivity (Wildman–Crippen MR) is 102 cm³/mol. The molecule has 0 spiro atoms. The van der Waals surface area contributed by atoms with Crippen LogP contribution in [0.3, 0.4) is 0 Å². The molecular weight excluding hydrogens is 328 g/mol. The van der Waals surface area contributed by atoms with E-state index in [1.165, 1.54) is 0 Å². The highest BCUT2D eigenvalue weighted by atomic mass is 16.5. The summed E-state index contributed by atoms with van der Waals surface area (Å²) in [6, 6.07) is 13.2. The van der Waals surface area contributed by atoms with E-state index in [0.717, 1.165) is 29.0 Å². The van der Waals surface area contributed by atoms with Gasteiger partial charge in [0.05, 0.1) is 7.11 Å². The van der Waals surface area contributed by atoms with Gasteiger partial charge in [0.2, 0.25) is 5.91 Å². The maximum Gasteiger partial charge on any atom is 0.253 e. The highest BCUT2D eigenvalue weighted by molar-refractivity contribution is 5.99. The Balaban J connectivity index is 1.79. The van der Waals surface area contributed by atoms with Gasteiger partial charge in [-0.3, -0.25) is 9.59 Å². The normalized spacial score (nSPS) is 13.8. The summed E-state index contributed by atoms with van der Waals surface area (Å²) in [5.41, 5.74) is 3.46. The van der Waals surface area contributed by atoms with Crippen molar-refractivity contribution in [3.63, 3.8) is 0 Å². The van der Waals surface area contributed by atoms with Gasteiger partial charge in [-0.1, -0.05) is 23.8 Å². The number of aryl methyl sites for hydroxylation is 1. The topological polar surface area (TPSA) is 49.9 Å². The number of nitrogens with zero attached hydrogens (tertiary/aromatic N) is 2. The fourth-order valence-corrected chi connectivity index (χ4v) is 3.31. The van der Waals surface area contributed by atoms with Crippen molar-refractivity contribution >= 4 is 17.5 Å². The number of hydrogen-bond donors (Lipinski definition) is 0. The first-order valence-electron chi connectivity index (χ1n) is 8.79. The summed E-state index contributed by atoms with van der Waals surface area (Å²) in [6.07, 6.45) is 1.44. The van der Waals surface area contributed by atoms with Gasteiger partial charge < -0.3 is 14.5 Å². The van der Waals surface area contributed by atoms with Crippen LogP contribution in [0.15, 0.2) is 42.5 Å². The van der Waals surface area contributed by atoms with Crippen molar-refractivity contribution in [3.8, 4) is 5.75 Å². The Morgan fingerprint density at radius 2 is 2.04 bits per heavy atom. The molecule has 26 heavy (non-hydrogen) atoms. The smallest absolute Gasteiger partial charge is 0.253 e. The molecule has 1 aliphatic rings. The Morgan fingerprint density at radius 3 is 2.73 bits per heavy atom. The molecule has 0 atom stereocenters. The van der Waals surface area contributed by atoms with Gasteiger partial charge in [-0.15, -0.1) is 0 Å². The highest BCUT2D eigenvalue weighted by Crippen LogP contribution is 2.24. The van der Waals surface area contributed by atoms with Gasteiger partial charge in [0.25, 0.3) is 5.91 Å². The van der Waals surface area contributed by atoms with E-state index < -0.39 is 0 Å². The molecule has 0 unspecified atom stereocenters. The molecule has 136 valence electrons. The van der Waals surface area contributed by atoms with Gasteiger partial charge in [0, 0.05) is 43.4 Å². The minimum absolute atomic E-state index is 0.0814. The second-order valence-electron chi connectivity index (χ2n) is 6.68. The second kappa shape index (κ2) is 7.60. The van der Waals surface area contributed by atoms with E-state index >= 15 is 0 Å². The number of methoxy groups -OCH3 is 1. The number of rotatable bonds is 5. The Kier molecular flexibility index (Phi) is 5.26. The van der Waals surface area contributed by atoms with Crippen molar-refractivity contribution in [1.82, 2.24) is 4.90 Å². The van der Waals surface area contributed by atoms with E-state index in [4.69, 9.17) is 4.74 Å². The molecule has 2 aromatic carbocycles.